The Morgan fingerprint density at radius 1 is 1.35 bits per heavy atom. The molecule has 0 saturated heterocycles. The molecular formula is C14H14N4O2. The molecule has 1 atom stereocenters. The second kappa shape index (κ2) is 5.58. The average Bonchev–Trinajstić information content (AvgIpc) is 2.99. The molecule has 6 nitrogen and oxygen atoms in total. The van der Waals surface area contributed by atoms with Crippen LogP contribution in [0.25, 0.3) is 10.9 Å². The molecule has 0 fully saturated rings. The maximum atomic E-state index is 9.38. The van der Waals surface area contributed by atoms with E-state index in [1.54, 1.807) is 18.6 Å². The summed E-state index contributed by atoms with van der Waals surface area (Å²) in [5.41, 5.74) is 1.66. The number of anilines is 1. The van der Waals surface area contributed by atoms with Crippen molar-refractivity contribution in [1.82, 2.24) is 15.0 Å². The molecule has 2 aromatic heterocycles. The van der Waals surface area contributed by atoms with Crippen LogP contribution in [0.4, 0.5) is 5.69 Å². The van der Waals surface area contributed by atoms with Crippen LogP contribution >= 0.6 is 0 Å². The fourth-order valence-electron chi connectivity index (χ4n) is 1.90. The van der Waals surface area contributed by atoms with Crippen LogP contribution in [0.3, 0.4) is 0 Å². The standard InChI is InChI=1S/C14H14N4O2/c19-8-14(18-11-3-4-15-7-11)20-12-2-1-10-6-16-9-17-13(10)5-12/h1-7,9,14-15,18-19H,8H2. The van der Waals surface area contributed by atoms with Crippen LogP contribution in [0.1, 0.15) is 0 Å². The maximum Gasteiger partial charge on any atom is 0.193 e. The number of nitrogens with zero attached hydrogens (tertiary/aromatic N) is 2. The van der Waals surface area contributed by atoms with Crippen LogP contribution in [0.5, 0.6) is 5.75 Å². The molecule has 0 aliphatic heterocycles. The molecule has 0 spiro atoms. The van der Waals surface area contributed by atoms with E-state index in [-0.39, 0.29) is 6.61 Å². The van der Waals surface area contributed by atoms with E-state index < -0.39 is 6.23 Å². The summed E-state index contributed by atoms with van der Waals surface area (Å²) in [6.45, 7) is -0.146. The zero-order chi connectivity index (χ0) is 13.8. The van der Waals surface area contributed by atoms with E-state index in [0.29, 0.717) is 5.75 Å². The van der Waals surface area contributed by atoms with Gasteiger partial charge in [-0.25, -0.2) is 9.97 Å². The molecule has 3 aromatic rings. The lowest BCUT2D eigenvalue weighted by atomic mass is 10.2. The van der Waals surface area contributed by atoms with Crippen LogP contribution < -0.4 is 10.1 Å². The predicted octanol–water partition coefficient (Wildman–Crippen LogP) is 1.77. The molecule has 1 aromatic carbocycles. The van der Waals surface area contributed by atoms with E-state index >= 15 is 0 Å². The molecule has 1 unspecified atom stereocenters. The van der Waals surface area contributed by atoms with Gasteiger partial charge in [-0.3, -0.25) is 0 Å². The molecule has 0 aliphatic carbocycles. The molecule has 0 aliphatic rings. The van der Waals surface area contributed by atoms with Gasteiger partial charge < -0.3 is 20.1 Å². The summed E-state index contributed by atoms with van der Waals surface area (Å²) >= 11 is 0. The lowest BCUT2D eigenvalue weighted by molar-refractivity contribution is 0.136. The van der Waals surface area contributed by atoms with Crippen LogP contribution in [0, 0.1) is 0 Å². The molecule has 0 amide bonds. The van der Waals surface area contributed by atoms with E-state index in [4.69, 9.17) is 4.74 Å². The normalized spacial score (nSPS) is 12.2. The highest BCUT2D eigenvalue weighted by Crippen LogP contribution is 2.19. The van der Waals surface area contributed by atoms with E-state index in [1.165, 1.54) is 6.33 Å². The van der Waals surface area contributed by atoms with Crippen LogP contribution in [0.2, 0.25) is 0 Å². The zero-order valence-corrected chi connectivity index (χ0v) is 10.7. The van der Waals surface area contributed by atoms with Gasteiger partial charge in [-0.2, -0.15) is 0 Å². The molecule has 102 valence electrons. The number of aliphatic hydroxyl groups is 1. The van der Waals surface area contributed by atoms with Gasteiger partial charge in [0.05, 0.1) is 17.8 Å². The molecule has 20 heavy (non-hydrogen) atoms. The van der Waals surface area contributed by atoms with Gasteiger partial charge in [0.1, 0.15) is 12.1 Å². The fraction of sp³-hybridized carbons (Fsp3) is 0.143. The van der Waals surface area contributed by atoms with Gasteiger partial charge >= 0.3 is 0 Å². The average molecular weight is 270 g/mol. The summed E-state index contributed by atoms with van der Waals surface area (Å²) in [4.78, 5) is 11.1. The van der Waals surface area contributed by atoms with Gasteiger partial charge in [-0.05, 0) is 18.2 Å². The number of aliphatic hydroxyl groups excluding tert-OH is 1. The first kappa shape index (κ1) is 12.4. The number of rotatable bonds is 5. The Morgan fingerprint density at radius 2 is 2.30 bits per heavy atom. The van der Waals surface area contributed by atoms with E-state index in [2.05, 4.69) is 20.3 Å². The van der Waals surface area contributed by atoms with E-state index in [1.807, 2.05) is 24.3 Å². The number of aromatic nitrogens is 3. The number of nitrogens with one attached hydrogen (secondary N) is 2. The van der Waals surface area contributed by atoms with Gasteiger partial charge in [-0.1, -0.05) is 0 Å². The minimum atomic E-state index is -0.523. The van der Waals surface area contributed by atoms with Gasteiger partial charge in [0, 0.05) is 30.0 Å². The SMILES string of the molecule is OCC(Nc1cc[nH]c1)Oc1ccc2cncnc2c1. The van der Waals surface area contributed by atoms with Crippen molar-refractivity contribution < 1.29 is 9.84 Å². The smallest absolute Gasteiger partial charge is 0.193 e. The quantitative estimate of drug-likeness (QED) is 0.615. The van der Waals surface area contributed by atoms with E-state index in [0.717, 1.165) is 16.6 Å². The Kier molecular flexibility index (Phi) is 3.47. The Hall–Kier alpha value is -2.60. The Balaban J connectivity index is 1.76. The molecule has 6 heteroatoms. The molecule has 3 rings (SSSR count). The van der Waals surface area contributed by atoms with Crippen molar-refractivity contribution >= 4 is 16.6 Å². The highest BCUT2D eigenvalue weighted by atomic mass is 16.5. The minimum Gasteiger partial charge on any atom is -0.468 e. The Labute approximate surface area is 115 Å². The van der Waals surface area contributed by atoms with E-state index in [9.17, 15) is 5.11 Å². The number of hydrogen-bond donors (Lipinski definition) is 3. The minimum absolute atomic E-state index is 0.146. The van der Waals surface area contributed by atoms with Crippen molar-refractivity contribution in [2.45, 2.75) is 6.23 Å². The first-order valence-corrected chi connectivity index (χ1v) is 6.22. The van der Waals surface area contributed by atoms with Crippen molar-refractivity contribution in [1.29, 1.82) is 0 Å². The predicted molar refractivity (Wildman–Crippen MR) is 75.5 cm³/mol. The molecule has 0 bridgehead atoms. The fourth-order valence-corrected chi connectivity index (χ4v) is 1.90. The third-order valence-corrected chi connectivity index (χ3v) is 2.85. The highest BCUT2D eigenvalue weighted by Gasteiger charge is 2.09. The van der Waals surface area contributed by atoms with Crippen LogP contribution in [0.15, 0.2) is 49.2 Å². The topological polar surface area (TPSA) is 83.1 Å². The van der Waals surface area contributed by atoms with Crippen LogP contribution in [-0.2, 0) is 0 Å². The number of hydrogen-bond acceptors (Lipinski definition) is 5. The number of fused-ring (bicyclic) bond motifs is 1. The number of aromatic amines is 1. The monoisotopic (exact) mass is 270 g/mol. The Bertz CT molecular complexity index is 684. The lowest BCUT2D eigenvalue weighted by Gasteiger charge is -2.18. The second-order valence-corrected chi connectivity index (χ2v) is 4.28. The maximum absolute atomic E-state index is 9.38. The summed E-state index contributed by atoms with van der Waals surface area (Å²) in [7, 11) is 0. The summed E-state index contributed by atoms with van der Waals surface area (Å²) in [6, 6.07) is 7.39. The first-order chi connectivity index (χ1) is 9.85. The summed E-state index contributed by atoms with van der Waals surface area (Å²) < 4.78 is 5.71. The number of ether oxygens (including phenoxy) is 1. The lowest BCUT2D eigenvalue weighted by Crippen LogP contribution is -2.30. The zero-order valence-electron chi connectivity index (χ0n) is 10.7. The molecule has 2 heterocycles. The summed E-state index contributed by atoms with van der Waals surface area (Å²) in [6.07, 6.45) is 6.30. The largest absolute Gasteiger partial charge is 0.468 e. The highest BCUT2D eigenvalue weighted by molar-refractivity contribution is 5.78. The van der Waals surface area contributed by atoms with Gasteiger partial charge in [0.15, 0.2) is 6.23 Å². The molecule has 0 radical (unpaired) electrons. The van der Waals surface area contributed by atoms with Crippen molar-refractivity contribution in [2.75, 3.05) is 11.9 Å². The summed E-state index contributed by atoms with van der Waals surface area (Å²) in [5.74, 6) is 0.637. The number of H-pyrrole nitrogens is 1. The second-order valence-electron chi connectivity index (χ2n) is 4.28. The van der Waals surface area contributed by atoms with Gasteiger partial charge in [-0.15, -0.1) is 0 Å². The third-order valence-electron chi connectivity index (χ3n) is 2.85. The molecule has 3 N–H and O–H groups in total. The van der Waals surface area contributed by atoms with Gasteiger partial charge in [0.25, 0.3) is 0 Å². The third kappa shape index (κ3) is 2.70. The van der Waals surface area contributed by atoms with Crippen molar-refractivity contribution in [3.63, 3.8) is 0 Å². The van der Waals surface area contributed by atoms with Gasteiger partial charge in [0.2, 0.25) is 0 Å². The van der Waals surface area contributed by atoms with Crippen LogP contribution in [-0.4, -0.2) is 32.9 Å². The van der Waals surface area contributed by atoms with Crippen molar-refractivity contribution in [2.24, 2.45) is 0 Å². The van der Waals surface area contributed by atoms with Crippen molar-refractivity contribution in [3.05, 3.63) is 49.2 Å². The summed E-state index contributed by atoms with van der Waals surface area (Å²) in [5, 5.41) is 13.4. The number of benzene rings is 1. The Morgan fingerprint density at radius 3 is 3.10 bits per heavy atom. The van der Waals surface area contributed by atoms with Crippen molar-refractivity contribution in [3.8, 4) is 5.75 Å². The molecular weight excluding hydrogens is 256 g/mol. The molecule has 0 saturated carbocycles. The first-order valence-electron chi connectivity index (χ1n) is 6.22.